The molecule has 1 N–H and O–H groups in total. The molecular weight excluding hydrogens is 310 g/mol. The average Bonchev–Trinajstić information content (AvgIpc) is 2.61. The van der Waals surface area contributed by atoms with Crippen molar-refractivity contribution < 1.29 is 9.53 Å². The molecule has 1 aliphatic rings. The van der Waals surface area contributed by atoms with Gasteiger partial charge in [0.15, 0.2) is 0 Å². The summed E-state index contributed by atoms with van der Waals surface area (Å²) in [4.78, 5) is 13.1. The quantitative estimate of drug-likeness (QED) is 0.892. The maximum atomic E-state index is 13.1. The highest BCUT2D eigenvalue weighted by atomic mass is 16.5. The highest BCUT2D eigenvalue weighted by Gasteiger charge is 2.42. The molecule has 0 fully saturated rings. The second-order valence-electron chi connectivity index (χ2n) is 7.48. The van der Waals surface area contributed by atoms with Gasteiger partial charge in [-0.1, -0.05) is 56.3 Å². The van der Waals surface area contributed by atoms with Crippen molar-refractivity contribution in [1.82, 2.24) is 5.32 Å². The predicted octanol–water partition coefficient (Wildman–Crippen LogP) is 4.11. The van der Waals surface area contributed by atoms with Crippen molar-refractivity contribution in [3.8, 4) is 5.75 Å². The van der Waals surface area contributed by atoms with E-state index in [9.17, 15) is 4.79 Å². The molecular formula is C22H27NO2. The first kappa shape index (κ1) is 17.5. The molecule has 1 atom stereocenters. The number of methoxy groups -OCH3 is 1. The molecule has 2 aromatic carbocycles. The van der Waals surface area contributed by atoms with E-state index in [-0.39, 0.29) is 17.2 Å². The summed E-state index contributed by atoms with van der Waals surface area (Å²) in [6.45, 7) is 5.02. The minimum absolute atomic E-state index is 0.0849. The molecule has 1 aliphatic carbocycles. The van der Waals surface area contributed by atoms with Crippen molar-refractivity contribution in [3.63, 3.8) is 0 Å². The number of carbonyl (C=O) groups is 1. The third-order valence-electron chi connectivity index (χ3n) is 5.30. The number of ether oxygens (including phenoxy) is 1. The minimum atomic E-state index is -0.178. The summed E-state index contributed by atoms with van der Waals surface area (Å²) >= 11 is 0. The van der Waals surface area contributed by atoms with Crippen LogP contribution in [-0.2, 0) is 17.6 Å². The molecule has 2 aromatic rings. The highest BCUT2D eigenvalue weighted by Crippen LogP contribution is 2.48. The van der Waals surface area contributed by atoms with Crippen LogP contribution in [0.4, 0.5) is 0 Å². The molecule has 3 heteroatoms. The Morgan fingerprint density at radius 2 is 1.92 bits per heavy atom. The summed E-state index contributed by atoms with van der Waals surface area (Å²) in [5, 5.41) is 3.15. The molecule has 0 radical (unpaired) electrons. The maximum Gasteiger partial charge on any atom is 0.228 e. The number of aryl methyl sites for hydroxylation is 1. The van der Waals surface area contributed by atoms with E-state index in [1.807, 2.05) is 30.3 Å². The van der Waals surface area contributed by atoms with Gasteiger partial charge in [0.2, 0.25) is 5.91 Å². The maximum absolute atomic E-state index is 13.1. The molecule has 1 amide bonds. The zero-order chi connectivity index (χ0) is 17.9. The van der Waals surface area contributed by atoms with E-state index in [4.69, 9.17) is 4.74 Å². The van der Waals surface area contributed by atoms with Crippen LogP contribution in [0.25, 0.3) is 0 Å². The average molecular weight is 337 g/mol. The summed E-state index contributed by atoms with van der Waals surface area (Å²) in [6.07, 6.45) is 2.84. The van der Waals surface area contributed by atoms with E-state index in [0.717, 1.165) is 30.6 Å². The second kappa shape index (κ2) is 7.30. The predicted molar refractivity (Wildman–Crippen MR) is 101 cm³/mol. The number of rotatable bonds is 5. The minimum Gasteiger partial charge on any atom is -0.496 e. The topological polar surface area (TPSA) is 38.3 Å². The fourth-order valence-electron chi connectivity index (χ4n) is 3.87. The molecule has 1 unspecified atom stereocenters. The largest absolute Gasteiger partial charge is 0.496 e. The van der Waals surface area contributed by atoms with E-state index >= 15 is 0 Å². The van der Waals surface area contributed by atoms with Crippen LogP contribution >= 0.6 is 0 Å². The normalized spacial score (nSPS) is 18.3. The van der Waals surface area contributed by atoms with E-state index in [1.165, 1.54) is 11.1 Å². The Labute approximate surface area is 150 Å². The van der Waals surface area contributed by atoms with Crippen LogP contribution < -0.4 is 10.1 Å². The van der Waals surface area contributed by atoms with Crippen LogP contribution in [0.15, 0.2) is 48.5 Å². The van der Waals surface area contributed by atoms with Crippen molar-refractivity contribution in [1.29, 1.82) is 0 Å². The lowest BCUT2D eigenvalue weighted by Crippen LogP contribution is -2.41. The lowest BCUT2D eigenvalue weighted by Gasteiger charge is -2.39. The van der Waals surface area contributed by atoms with Crippen molar-refractivity contribution in [2.75, 3.05) is 13.7 Å². The number of benzene rings is 2. The van der Waals surface area contributed by atoms with E-state index in [0.29, 0.717) is 6.54 Å². The summed E-state index contributed by atoms with van der Waals surface area (Å²) in [7, 11) is 1.68. The number of fused-ring (bicyclic) bond motifs is 1. The fraction of sp³-hybridized carbons (Fsp3) is 0.409. The monoisotopic (exact) mass is 337 g/mol. The SMILES string of the molecule is COc1cccc2c1C(C(=O)NCCc1ccccc1)C(C)(C)CC2. The Hall–Kier alpha value is -2.29. The molecule has 0 bridgehead atoms. The Morgan fingerprint density at radius 3 is 2.64 bits per heavy atom. The third-order valence-corrected chi connectivity index (χ3v) is 5.30. The molecule has 0 saturated heterocycles. The van der Waals surface area contributed by atoms with Crippen molar-refractivity contribution >= 4 is 5.91 Å². The first-order valence-electron chi connectivity index (χ1n) is 9.00. The first-order valence-corrected chi connectivity index (χ1v) is 9.00. The molecule has 0 heterocycles. The molecule has 0 spiro atoms. The van der Waals surface area contributed by atoms with Crippen LogP contribution in [0.5, 0.6) is 5.75 Å². The van der Waals surface area contributed by atoms with Gasteiger partial charge in [0, 0.05) is 12.1 Å². The lowest BCUT2D eigenvalue weighted by atomic mass is 9.65. The zero-order valence-corrected chi connectivity index (χ0v) is 15.3. The third kappa shape index (κ3) is 3.71. The van der Waals surface area contributed by atoms with Gasteiger partial charge in [-0.15, -0.1) is 0 Å². The first-order chi connectivity index (χ1) is 12.0. The summed E-state index contributed by atoms with van der Waals surface area (Å²) in [6, 6.07) is 16.4. The Morgan fingerprint density at radius 1 is 1.16 bits per heavy atom. The molecule has 3 nitrogen and oxygen atoms in total. The number of carbonyl (C=O) groups excluding carboxylic acids is 1. The summed E-state index contributed by atoms with van der Waals surface area (Å²) < 4.78 is 5.58. The van der Waals surface area contributed by atoms with Crippen LogP contribution in [-0.4, -0.2) is 19.6 Å². The number of amides is 1. The van der Waals surface area contributed by atoms with E-state index in [2.05, 4.69) is 37.4 Å². The van der Waals surface area contributed by atoms with Gasteiger partial charge in [-0.25, -0.2) is 0 Å². The van der Waals surface area contributed by atoms with Gasteiger partial charge in [-0.2, -0.15) is 0 Å². The van der Waals surface area contributed by atoms with Gasteiger partial charge in [-0.05, 0) is 41.9 Å². The van der Waals surface area contributed by atoms with Crippen LogP contribution in [0.3, 0.4) is 0 Å². The van der Waals surface area contributed by atoms with Crippen LogP contribution in [0.1, 0.15) is 42.9 Å². The van der Waals surface area contributed by atoms with E-state index in [1.54, 1.807) is 7.11 Å². The van der Waals surface area contributed by atoms with Gasteiger partial charge in [-0.3, -0.25) is 4.79 Å². The number of hydrogen-bond acceptors (Lipinski definition) is 2. The van der Waals surface area contributed by atoms with E-state index < -0.39 is 0 Å². The Balaban J connectivity index is 1.79. The van der Waals surface area contributed by atoms with Gasteiger partial charge in [0.1, 0.15) is 5.75 Å². The Bertz CT molecular complexity index is 723. The molecule has 0 saturated carbocycles. The van der Waals surface area contributed by atoms with Crippen molar-refractivity contribution in [2.45, 2.75) is 39.0 Å². The van der Waals surface area contributed by atoms with Crippen LogP contribution in [0.2, 0.25) is 0 Å². The number of nitrogens with one attached hydrogen (secondary N) is 1. The standard InChI is InChI=1S/C22H27NO2/c1-22(2)14-12-17-10-7-11-18(25-3)19(17)20(22)21(24)23-15-13-16-8-5-4-6-9-16/h4-11,20H,12-15H2,1-3H3,(H,23,24). The molecule has 0 aromatic heterocycles. The molecule has 3 rings (SSSR count). The summed E-state index contributed by atoms with van der Waals surface area (Å²) in [5.41, 5.74) is 3.46. The molecule has 132 valence electrons. The van der Waals surface area contributed by atoms with Crippen LogP contribution in [0, 0.1) is 5.41 Å². The van der Waals surface area contributed by atoms with Gasteiger partial charge < -0.3 is 10.1 Å². The van der Waals surface area contributed by atoms with Crippen molar-refractivity contribution in [2.24, 2.45) is 5.41 Å². The van der Waals surface area contributed by atoms with Gasteiger partial charge >= 0.3 is 0 Å². The smallest absolute Gasteiger partial charge is 0.228 e. The van der Waals surface area contributed by atoms with Gasteiger partial charge in [0.05, 0.1) is 13.0 Å². The molecule has 25 heavy (non-hydrogen) atoms. The van der Waals surface area contributed by atoms with Gasteiger partial charge in [0.25, 0.3) is 0 Å². The Kier molecular flexibility index (Phi) is 5.12. The lowest BCUT2D eigenvalue weighted by molar-refractivity contribution is -0.125. The fourth-order valence-corrected chi connectivity index (χ4v) is 3.87. The zero-order valence-electron chi connectivity index (χ0n) is 15.3. The molecule has 0 aliphatic heterocycles. The second-order valence-corrected chi connectivity index (χ2v) is 7.48. The summed E-state index contributed by atoms with van der Waals surface area (Å²) in [5.74, 6) is 0.753. The number of hydrogen-bond donors (Lipinski definition) is 1. The highest BCUT2D eigenvalue weighted by molar-refractivity contribution is 5.86. The van der Waals surface area contributed by atoms with Crippen molar-refractivity contribution in [3.05, 3.63) is 65.2 Å².